The highest BCUT2D eigenvalue weighted by atomic mass is 15.3. The molecule has 1 fully saturated rings. The average molecular weight is 256 g/mol. The molecule has 4 nitrogen and oxygen atoms in total. The molecular weight excluding hydrogens is 236 g/mol. The van der Waals surface area contributed by atoms with E-state index in [-0.39, 0.29) is 0 Å². The highest BCUT2D eigenvalue weighted by Crippen LogP contribution is 2.13. The van der Waals surface area contributed by atoms with Crippen LogP contribution in [0, 0.1) is 0 Å². The number of aromatic nitrogens is 2. The second kappa shape index (κ2) is 5.55. The van der Waals surface area contributed by atoms with Crippen LogP contribution in [0.15, 0.2) is 42.7 Å². The summed E-state index contributed by atoms with van der Waals surface area (Å²) in [6.07, 6.45) is 3.77. The van der Waals surface area contributed by atoms with Gasteiger partial charge in [-0.25, -0.2) is 4.68 Å². The summed E-state index contributed by atoms with van der Waals surface area (Å²) >= 11 is 0. The van der Waals surface area contributed by atoms with Crippen molar-refractivity contribution in [3.05, 3.63) is 48.3 Å². The zero-order chi connectivity index (χ0) is 13.1. The van der Waals surface area contributed by atoms with Crippen LogP contribution in [0.4, 0.5) is 0 Å². The van der Waals surface area contributed by atoms with Crippen molar-refractivity contribution in [2.45, 2.75) is 19.5 Å². The summed E-state index contributed by atoms with van der Waals surface area (Å²) in [6, 6.07) is 11.2. The van der Waals surface area contributed by atoms with Crippen molar-refractivity contribution in [1.82, 2.24) is 20.0 Å². The fourth-order valence-corrected chi connectivity index (χ4v) is 2.53. The van der Waals surface area contributed by atoms with Crippen LogP contribution in [0.1, 0.15) is 12.5 Å². The molecule has 1 aliphatic heterocycles. The van der Waals surface area contributed by atoms with E-state index in [1.54, 1.807) is 6.20 Å². The molecule has 1 aromatic carbocycles. The molecule has 1 unspecified atom stereocenters. The van der Waals surface area contributed by atoms with Crippen LogP contribution >= 0.6 is 0 Å². The van der Waals surface area contributed by atoms with Crippen molar-refractivity contribution >= 4 is 0 Å². The lowest BCUT2D eigenvalue weighted by molar-refractivity contribution is 0.165. The Morgan fingerprint density at radius 3 is 2.84 bits per heavy atom. The van der Waals surface area contributed by atoms with E-state index in [0.717, 1.165) is 31.9 Å². The number of rotatable bonds is 3. The van der Waals surface area contributed by atoms with E-state index in [1.807, 2.05) is 16.9 Å². The van der Waals surface area contributed by atoms with E-state index in [9.17, 15) is 0 Å². The van der Waals surface area contributed by atoms with Crippen LogP contribution in [0.25, 0.3) is 5.69 Å². The SMILES string of the molecule is CC1CNCCN1Cc1ccc(-n2cccn2)cc1. The molecule has 2 heterocycles. The molecule has 1 aliphatic rings. The summed E-state index contributed by atoms with van der Waals surface area (Å²) in [7, 11) is 0. The number of hydrogen-bond donors (Lipinski definition) is 1. The van der Waals surface area contributed by atoms with Gasteiger partial charge in [-0.15, -0.1) is 0 Å². The first-order valence-corrected chi connectivity index (χ1v) is 6.86. The molecule has 0 saturated carbocycles. The maximum atomic E-state index is 4.24. The van der Waals surface area contributed by atoms with Crippen molar-refractivity contribution in [2.24, 2.45) is 0 Å². The Kier molecular flexibility index (Phi) is 3.62. The molecule has 0 radical (unpaired) electrons. The fourth-order valence-electron chi connectivity index (χ4n) is 2.53. The number of nitrogens with zero attached hydrogens (tertiary/aromatic N) is 3. The molecule has 1 aromatic heterocycles. The molecule has 0 spiro atoms. The first kappa shape index (κ1) is 12.4. The van der Waals surface area contributed by atoms with E-state index in [1.165, 1.54) is 5.56 Å². The Morgan fingerprint density at radius 2 is 2.16 bits per heavy atom. The van der Waals surface area contributed by atoms with Crippen LogP contribution in [-0.2, 0) is 6.54 Å². The molecular formula is C15H20N4. The Morgan fingerprint density at radius 1 is 1.32 bits per heavy atom. The molecule has 1 atom stereocenters. The van der Waals surface area contributed by atoms with Gasteiger partial charge < -0.3 is 5.32 Å². The lowest BCUT2D eigenvalue weighted by atomic mass is 10.1. The van der Waals surface area contributed by atoms with E-state index >= 15 is 0 Å². The highest BCUT2D eigenvalue weighted by molar-refractivity contribution is 5.33. The minimum atomic E-state index is 0.611. The zero-order valence-corrected chi connectivity index (χ0v) is 11.3. The second-order valence-electron chi connectivity index (χ2n) is 5.14. The predicted molar refractivity (Wildman–Crippen MR) is 76.3 cm³/mol. The quantitative estimate of drug-likeness (QED) is 0.907. The average Bonchev–Trinajstić information content (AvgIpc) is 2.96. The molecule has 0 bridgehead atoms. The largest absolute Gasteiger partial charge is 0.314 e. The van der Waals surface area contributed by atoms with Crippen LogP contribution < -0.4 is 5.32 Å². The third-order valence-electron chi connectivity index (χ3n) is 3.73. The van der Waals surface area contributed by atoms with Gasteiger partial charge in [0.25, 0.3) is 0 Å². The van der Waals surface area contributed by atoms with Gasteiger partial charge in [-0.05, 0) is 30.7 Å². The van der Waals surface area contributed by atoms with E-state index < -0.39 is 0 Å². The lowest BCUT2D eigenvalue weighted by Gasteiger charge is -2.33. The van der Waals surface area contributed by atoms with Gasteiger partial charge in [0, 0.05) is 44.6 Å². The monoisotopic (exact) mass is 256 g/mol. The van der Waals surface area contributed by atoms with Crippen molar-refractivity contribution in [3.63, 3.8) is 0 Å². The van der Waals surface area contributed by atoms with Gasteiger partial charge in [0.1, 0.15) is 0 Å². The molecule has 19 heavy (non-hydrogen) atoms. The fraction of sp³-hybridized carbons (Fsp3) is 0.400. The Bertz CT molecular complexity index is 503. The molecule has 1 N–H and O–H groups in total. The second-order valence-corrected chi connectivity index (χ2v) is 5.14. The van der Waals surface area contributed by atoms with Crippen LogP contribution in [0.3, 0.4) is 0 Å². The minimum absolute atomic E-state index is 0.611. The predicted octanol–water partition coefficient (Wildman–Crippen LogP) is 1.67. The number of hydrogen-bond acceptors (Lipinski definition) is 3. The number of benzene rings is 1. The van der Waals surface area contributed by atoms with Gasteiger partial charge in [0.05, 0.1) is 5.69 Å². The van der Waals surface area contributed by atoms with E-state index in [2.05, 4.69) is 46.5 Å². The molecule has 1 saturated heterocycles. The Hall–Kier alpha value is -1.65. The van der Waals surface area contributed by atoms with Gasteiger partial charge in [-0.3, -0.25) is 4.90 Å². The summed E-state index contributed by atoms with van der Waals surface area (Å²) < 4.78 is 1.89. The van der Waals surface area contributed by atoms with Crippen molar-refractivity contribution in [3.8, 4) is 5.69 Å². The summed E-state index contributed by atoms with van der Waals surface area (Å²) in [5, 5.41) is 7.67. The topological polar surface area (TPSA) is 33.1 Å². The third-order valence-corrected chi connectivity index (χ3v) is 3.73. The molecule has 2 aromatic rings. The van der Waals surface area contributed by atoms with Crippen LogP contribution in [0.2, 0.25) is 0 Å². The Balaban J connectivity index is 1.69. The van der Waals surface area contributed by atoms with Gasteiger partial charge in [-0.2, -0.15) is 5.10 Å². The number of piperazine rings is 1. The summed E-state index contributed by atoms with van der Waals surface area (Å²) in [6.45, 7) is 6.62. The van der Waals surface area contributed by atoms with Crippen molar-refractivity contribution in [2.75, 3.05) is 19.6 Å². The summed E-state index contributed by atoms with van der Waals surface area (Å²) in [4.78, 5) is 2.53. The number of nitrogens with one attached hydrogen (secondary N) is 1. The van der Waals surface area contributed by atoms with E-state index in [4.69, 9.17) is 0 Å². The highest BCUT2D eigenvalue weighted by Gasteiger charge is 2.17. The molecule has 0 amide bonds. The standard InChI is InChI=1S/C15H20N4/c1-13-11-16-8-10-18(13)12-14-3-5-15(6-4-14)19-9-2-7-17-19/h2-7,9,13,16H,8,10-12H2,1H3. The molecule has 100 valence electrons. The lowest BCUT2D eigenvalue weighted by Crippen LogP contribution is -2.49. The Labute approximate surface area is 114 Å². The summed E-state index contributed by atoms with van der Waals surface area (Å²) in [5.41, 5.74) is 2.48. The van der Waals surface area contributed by atoms with Gasteiger partial charge in [-0.1, -0.05) is 12.1 Å². The molecule has 0 aliphatic carbocycles. The van der Waals surface area contributed by atoms with Gasteiger partial charge in [0.15, 0.2) is 0 Å². The van der Waals surface area contributed by atoms with Crippen molar-refractivity contribution in [1.29, 1.82) is 0 Å². The first-order valence-electron chi connectivity index (χ1n) is 6.86. The first-order chi connectivity index (χ1) is 9.33. The maximum Gasteiger partial charge on any atom is 0.0645 e. The minimum Gasteiger partial charge on any atom is -0.314 e. The zero-order valence-electron chi connectivity index (χ0n) is 11.3. The maximum absolute atomic E-state index is 4.24. The van der Waals surface area contributed by atoms with Crippen LogP contribution in [0.5, 0.6) is 0 Å². The van der Waals surface area contributed by atoms with Crippen LogP contribution in [-0.4, -0.2) is 40.4 Å². The summed E-state index contributed by atoms with van der Waals surface area (Å²) in [5.74, 6) is 0. The van der Waals surface area contributed by atoms with E-state index in [0.29, 0.717) is 6.04 Å². The van der Waals surface area contributed by atoms with Gasteiger partial charge >= 0.3 is 0 Å². The third kappa shape index (κ3) is 2.85. The van der Waals surface area contributed by atoms with Gasteiger partial charge in [0.2, 0.25) is 0 Å². The molecule has 3 rings (SSSR count). The molecule has 4 heteroatoms. The smallest absolute Gasteiger partial charge is 0.0645 e. The van der Waals surface area contributed by atoms with Crippen molar-refractivity contribution < 1.29 is 0 Å². The normalized spacial score (nSPS) is 20.6.